The fourth-order valence-corrected chi connectivity index (χ4v) is 1.63. The Morgan fingerprint density at radius 2 is 2.41 bits per heavy atom. The van der Waals surface area contributed by atoms with Gasteiger partial charge in [0.1, 0.15) is 0 Å². The summed E-state index contributed by atoms with van der Waals surface area (Å²) in [5.41, 5.74) is 3.12. The molecule has 90 valence electrons. The molecule has 0 radical (unpaired) electrons. The van der Waals surface area contributed by atoms with Crippen molar-refractivity contribution in [2.45, 2.75) is 13.3 Å². The first-order chi connectivity index (χ1) is 8.29. The van der Waals surface area contributed by atoms with Crippen LogP contribution in [0.4, 0.5) is 4.79 Å². The molecule has 17 heavy (non-hydrogen) atoms. The van der Waals surface area contributed by atoms with Crippen molar-refractivity contribution in [1.29, 1.82) is 0 Å². The summed E-state index contributed by atoms with van der Waals surface area (Å²) >= 11 is 0. The molecule has 1 heterocycles. The maximum Gasteiger partial charge on any atom is 0.407 e. The number of carbonyl (C=O) groups is 1. The minimum Gasteiger partial charge on any atom is -0.450 e. The van der Waals surface area contributed by atoms with Gasteiger partial charge in [0.05, 0.1) is 24.0 Å². The van der Waals surface area contributed by atoms with Gasteiger partial charge in [0.15, 0.2) is 0 Å². The Balaban J connectivity index is 1.88. The molecule has 5 heteroatoms. The highest BCUT2D eigenvalue weighted by atomic mass is 16.5. The van der Waals surface area contributed by atoms with Crippen LogP contribution in [0.25, 0.3) is 11.0 Å². The van der Waals surface area contributed by atoms with E-state index in [2.05, 4.69) is 15.3 Å². The zero-order valence-electron chi connectivity index (χ0n) is 9.69. The summed E-state index contributed by atoms with van der Waals surface area (Å²) in [7, 11) is 0. The number of hydrogen-bond donors (Lipinski definition) is 2. The van der Waals surface area contributed by atoms with Crippen LogP contribution in [-0.2, 0) is 11.2 Å². The van der Waals surface area contributed by atoms with Crippen molar-refractivity contribution in [1.82, 2.24) is 15.3 Å². The lowest BCUT2D eigenvalue weighted by Crippen LogP contribution is -2.26. The van der Waals surface area contributed by atoms with Gasteiger partial charge in [-0.25, -0.2) is 9.78 Å². The third-order valence-electron chi connectivity index (χ3n) is 2.44. The van der Waals surface area contributed by atoms with Crippen molar-refractivity contribution in [3.8, 4) is 0 Å². The molecule has 0 bridgehead atoms. The first-order valence-corrected chi connectivity index (χ1v) is 5.62. The van der Waals surface area contributed by atoms with Gasteiger partial charge in [-0.05, 0) is 31.0 Å². The number of aromatic amines is 1. The predicted molar refractivity (Wildman–Crippen MR) is 64.8 cm³/mol. The zero-order valence-corrected chi connectivity index (χ0v) is 9.69. The van der Waals surface area contributed by atoms with Gasteiger partial charge in [0.25, 0.3) is 0 Å². The number of alkyl carbamates (subject to hydrolysis) is 1. The van der Waals surface area contributed by atoms with Crippen molar-refractivity contribution in [2.75, 3.05) is 13.2 Å². The maximum atomic E-state index is 11.1. The number of hydrogen-bond acceptors (Lipinski definition) is 3. The molecule has 0 atom stereocenters. The van der Waals surface area contributed by atoms with Crippen LogP contribution < -0.4 is 5.32 Å². The van der Waals surface area contributed by atoms with E-state index in [4.69, 9.17) is 4.74 Å². The molecule has 2 rings (SSSR count). The number of imidazole rings is 1. The monoisotopic (exact) mass is 233 g/mol. The highest BCUT2D eigenvalue weighted by Crippen LogP contribution is 2.11. The lowest BCUT2D eigenvalue weighted by Gasteiger charge is -2.05. The van der Waals surface area contributed by atoms with Crippen LogP contribution >= 0.6 is 0 Å². The van der Waals surface area contributed by atoms with Gasteiger partial charge in [-0.3, -0.25) is 0 Å². The van der Waals surface area contributed by atoms with Crippen molar-refractivity contribution in [3.63, 3.8) is 0 Å². The molecule has 0 saturated heterocycles. The number of carbonyl (C=O) groups excluding carboxylic acids is 1. The van der Waals surface area contributed by atoms with Gasteiger partial charge in [-0.15, -0.1) is 0 Å². The molecule has 0 saturated carbocycles. The van der Waals surface area contributed by atoms with Gasteiger partial charge in [-0.1, -0.05) is 6.07 Å². The Bertz CT molecular complexity index is 507. The van der Waals surface area contributed by atoms with E-state index in [1.165, 1.54) is 0 Å². The summed E-state index contributed by atoms with van der Waals surface area (Å²) < 4.78 is 4.77. The summed E-state index contributed by atoms with van der Waals surface area (Å²) in [6, 6.07) is 6.01. The molecule has 0 aliphatic heterocycles. The first kappa shape index (κ1) is 11.4. The highest BCUT2D eigenvalue weighted by Gasteiger charge is 2.01. The molecule has 5 nitrogen and oxygen atoms in total. The van der Waals surface area contributed by atoms with Crippen molar-refractivity contribution in [2.24, 2.45) is 0 Å². The Hall–Kier alpha value is -2.04. The Morgan fingerprint density at radius 3 is 3.24 bits per heavy atom. The van der Waals surface area contributed by atoms with Crippen LogP contribution in [0.1, 0.15) is 12.5 Å². The summed E-state index contributed by atoms with van der Waals surface area (Å²) in [6.45, 7) is 2.75. The lowest BCUT2D eigenvalue weighted by molar-refractivity contribution is 0.152. The third-order valence-corrected chi connectivity index (χ3v) is 2.44. The minimum absolute atomic E-state index is 0.366. The molecule has 0 fully saturated rings. The second-order valence-electron chi connectivity index (χ2n) is 3.65. The Kier molecular flexibility index (Phi) is 3.59. The van der Waals surface area contributed by atoms with E-state index in [9.17, 15) is 4.79 Å². The Labute approximate surface area is 99.2 Å². The van der Waals surface area contributed by atoms with Crippen LogP contribution in [0.5, 0.6) is 0 Å². The number of nitrogens with zero attached hydrogens (tertiary/aromatic N) is 1. The molecular formula is C12H15N3O2. The fraction of sp³-hybridized carbons (Fsp3) is 0.333. The van der Waals surface area contributed by atoms with Gasteiger partial charge < -0.3 is 15.0 Å². The van der Waals surface area contributed by atoms with E-state index in [0.29, 0.717) is 13.2 Å². The number of benzene rings is 1. The van der Waals surface area contributed by atoms with Crippen molar-refractivity contribution in [3.05, 3.63) is 30.1 Å². The molecule has 1 aromatic carbocycles. The molecule has 2 N–H and O–H groups in total. The molecule has 0 aliphatic carbocycles. The Morgan fingerprint density at radius 1 is 1.53 bits per heavy atom. The van der Waals surface area contributed by atoms with Crippen LogP contribution in [0, 0.1) is 0 Å². The zero-order chi connectivity index (χ0) is 12.1. The predicted octanol–water partition coefficient (Wildman–Crippen LogP) is 1.85. The van der Waals surface area contributed by atoms with Gasteiger partial charge in [0, 0.05) is 6.54 Å². The smallest absolute Gasteiger partial charge is 0.407 e. The second kappa shape index (κ2) is 5.34. The molecule has 0 spiro atoms. The van der Waals surface area contributed by atoms with E-state index in [0.717, 1.165) is 23.0 Å². The number of nitrogens with one attached hydrogen (secondary N) is 2. The van der Waals surface area contributed by atoms with Crippen LogP contribution in [0.15, 0.2) is 24.5 Å². The SMILES string of the molecule is CCOC(=O)NCCc1ccc2nc[nH]c2c1. The number of fused-ring (bicyclic) bond motifs is 1. The van der Waals surface area contributed by atoms with Crippen LogP contribution in [0.2, 0.25) is 0 Å². The normalized spacial score (nSPS) is 10.4. The summed E-state index contributed by atoms with van der Waals surface area (Å²) in [5.74, 6) is 0. The largest absolute Gasteiger partial charge is 0.450 e. The average Bonchev–Trinajstić information content (AvgIpc) is 2.76. The van der Waals surface area contributed by atoms with Crippen LogP contribution in [0.3, 0.4) is 0 Å². The summed E-state index contributed by atoms with van der Waals surface area (Å²) in [6.07, 6.45) is 2.08. The summed E-state index contributed by atoms with van der Waals surface area (Å²) in [4.78, 5) is 18.3. The number of H-pyrrole nitrogens is 1. The molecule has 1 aromatic heterocycles. The molecular weight excluding hydrogens is 218 g/mol. The van der Waals surface area contributed by atoms with Gasteiger partial charge >= 0.3 is 6.09 Å². The van der Waals surface area contributed by atoms with E-state index < -0.39 is 0 Å². The molecule has 0 unspecified atom stereocenters. The minimum atomic E-state index is -0.366. The molecule has 0 aliphatic rings. The van der Waals surface area contributed by atoms with Crippen molar-refractivity contribution < 1.29 is 9.53 Å². The molecule has 1 amide bonds. The average molecular weight is 233 g/mol. The maximum absolute atomic E-state index is 11.1. The number of rotatable bonds is 4. The van der Waals surface area contributed by atoms with E-state index in [1.54, 1.807) is 13.3 Å². The van der Waals surface area contributed by atoms with Gasteiger partial charge in [-0.2, -0.15) is 0 Å². The fourth-order valence-electron chi connectivity index (χ4n) is 1.63. The van der Waals surface area contributed by atoms with Gasteiger partial charge in [0.2, 0.25) is 0 Å². The number of aromatic nitrogens is 2. The first-order valence-electron chi connectivity index (χ1n) is 5.62. The lowest BCUT2D eigenvalue weighted by atomic mass is 10.1. The standard InChI is InChI=1S/C12H15N3O2/c1-2-17-12(16)13-6-5-9-3-4-10-11(7-9)15-8-14-10/h3-4,7-8H,2,5-6H2,1H3,(H,13,16)(H,14,15). The van der Waals surface area contributed by atoms with E-state index in [-0.39, 0.29) is 6.09 Å². The topological polar surface area (TPSA) is 67.0 Å². The highest BCUT2D eigenvalue weighted by molar-refractivity contribution is 5.75. The quantitative estimate of drug-likeness (QED) is 0.846. The summed E-state index contributed by atoms with van der Waals surface area (Å²) in [5, 5.41) is 2.69. The second-order valence-corrected chi connectivity index (χ2v) is 3.65. The van der Waals surface area contributed by atoms with E-state index in [1.807, 2.05) is 18.2 Å². The van der Waals surface area contributed by atoms with Crippen molar-refractivity contribution >= 4 is 17.1 Å². The van der Waals surface area contributed by atoms with E-state index >= 15 is 0 Å². The number of amides is 1. The number of ether oxygens (including phenoxy) is 1. The molecule has 2 aromatic rings. The third kappa shape index (κ3) is 2.96. The van der Waals surface area contributed by atoms with Crippen LogP contribution in [-0.4, -0.2) is 29.2 Å².